The molecule has 0 aliphatic heterocycles. The number of carbonyl (C=O) groups excluding carboxylic acids is 3. The van der Waals surface area contributed by atoms with Crippen LogP contribution in [0.3, 0.4) is 0 Å². The predicted molar refractivity (Wildman–Crippen MR) is 334 cm³/mol. The number of rotatable bonds is 58. The average Bonchev–Trinajstić information content (AvgIpc) is 3.43. The lowest BCUT2D eigenvalue weighted by Crippen LogP contribution is -2.30. The van der Waals surface area contributed by atoms with Crippen LogP contribution in [0.4, 0.5) is 0 Å². The highest BCUT2D eigenvalue weighted by atomic mass is 16.6. The molecule has 0 aliphatic rings. The van der Waals surface area contributed by atoms with Crippen LogP contribution >= 0.6 is 0 Å². The zero-order valence-electron chi connectivity index (χ0n) is 50.4. The summed E-state index contributed by atoms with van der Waals surface area (Å²) in [6.07, 6.45) is 88.2. The summed E-state index contributed by atoms with van der Waals surface area (Å²) in [4.78, 5) is 38.3. The molecule has 0 heterocycles. The molecule has 0 fully saturated rings. The van der Waals surface area contributed by atoms with Gasteiger partial charge in [-0.1, -0.05) is 271 Å². The van der Waals surface area contributed by atoms with E-state index in [1.807, 2.05) is 0 Å². The quantitative estimate of drug-likeness (QED) is 0.0261. The van der Waals surface area contributed by atoms with Crippen molar-refractivity contribution >= 4 is 17.9 Å². The minimum atomic E-state index is -0.794. The van der Waals surface area contributed by atoms with E-state index < -0.39 is 6.10 Å². The van der Waals surface area contributed by atoms with Crippen LogP contribution < -0.4 is 0 Å². The van der Waals surface area contributed by atoms with E-state index in [-0.39, 0.29) is 31.1 Å². The molecule has 0 rings (SSSR count). The van der Waals surface area contributed by atoms with Gasteiger partial charge >= 0.3 is 17.9 Å². The fraction of sp³-hybridized carbons (Fsp3) is 0.704. The average molecular weight is 1070 g/mol. The molecule has 6 heteroatoms. The normalized spacial score (nSPS) is 12.8. The Bertz CT molecular complexity index is 1560. The molecule has 0 bridgehead atoms. The summed E-state index contributed by atoms with van der Waals surface area (Å²) in [6.45, 7) is 6.38. The van der Waals surface area contributed by atoms with Gasteiger partial charge in [0.2, 0.25) is 0 Å². The minimum Gasteiger partial charge on any atom is -0.462 e. The summed E-state index contributed by atoms with van der Waals surface area (Å²) in [5.74, 6) is -0.916. The Labute approximate surface area is 476 Å². The summed E-state index contributed by atoms with van der Waals surface area (Å²) in [5.41, 5.74) is 0. The third-order valence-corrected chi connectivity index (χ3v) is 13.7. The first kappa shape index (κ1) is 73.1. The van der Waals surface area contributed by atoms with Gasteiger partial charge in [0.05, 0.1) is 0 Å². The molecular weight excluding hydrogens is 949 g/mol. The fourth-order valence-corrected chi connectivity index (χ4v) is 8.95. The maximum atomic E-state index is 12.9. The Kier molecular flexibility index (Phi) is 61.3. The second-order valence-electron chi connectivity index (χ2n) is 21.3. The highest BCUT2D eigenvalue weighted by Crippen LogP contribution is 2.16. The fourth-order valence-electron chi connectivity index (χ4n) is 8.95. The molecule has 1 atom stereocenters. The third kappa shape index (κ3) is 62.8. The van der Waals surface area contributed by atoms with Gasteiger partial charge in [0.25, 0.3) is 0 Å². The van der Waals surface area contributed by atoms with Gasteiger partial charge in [0, 0.05) is 19.3 Å². The van der Waals surface area contributed by atoms with Gasteiger partial charge in [0.1, 0.15) is 13.2 Å². The molecule has 0 spiro atoms. The number of hydrogen-bond acceptors (Lipinski definition) is 6. The first-order valence-corrected chi connectivity index (χ1v) is 32.4. The van der Waals surface area contributed by atoms with E-state index in [0.29, 0.717) is 19.3 Å². The summed E-state index contributed by atoms with van der Waals surface area (Å²) in [5, 5.41) is 0. The predicted octanol–water partition coefficient (Wildman–Crippen LogP) is 22.2. The maximum absolute atomic E-state index is 12.9. The molecule has 0 aromatic heterocycles. The molecule has 77 heavy (non-hydrogen) atoms. The standard InChI is InChI=1S/C71H120O6/c1-4-7-10-13-16-19-22-25-27-29-31-32-33-34-35-36-37-38-40-41-43-46-49-52-55-58-61-64-70(73)76-67-68(66-75-69(72)63-60-57-54-51-48-45-24-21-18-15-12-9-6-3)77-71(74)65-62-59-56-53-50-47-44-42-39-30-28-26-23-20-17-14-11-8-5-2/h7,9-10,12,16-21,25-28,31-32,45,48,68H,4-6,8,11,13-15,22-24,29-30,33-44,46-47,49-67H2,1-3H3/b10-7-,12-9-,19-16-,20-17-,21-18-,27-25-,28-26-,32-31-,48-45-. The lowest BCUT2D eigenvalue weighted by Gasteiger charge is -2.18. The molecule has 440 valence electrons. The van der Waals surface area contributed by atoms with Crippen molar-refractivity contribution < 1.29 is 28.6 Å². The van der Waals surface area contributed by atoms with E-state index in [9.17, 15) is 14.4 Å². The van der Waals surface area contributed by atoms with Crippen molar-refractivity contribution in [1.82, 2.24) is 0 Å². The van der Waals surface area contributed by atoms with E-state index in [1.54, 1.807) is 0 Å². The van der Waals surface area contributed by atoms with Crippen LogP contribution in [-0.2, 0) is 28.6 Å². The van der Waals surface area contributed by atoms with E-state index in [0.717, 1.165) is 116 Å². The highest BCUT2D eigenvalue weighted by molar-refractivity contribution is 5.71. The van der Waals surface area contributed by atoms with Gasteiger partial charge in [0.15, 0.2) is 6.10 Å². The van der Waals surface area contributed by atoms with Crippen LogP contribution in [0.15, 0.2) is 109 Å². The summed E-state index contributed by atoms with van der Waals surface area (Å²) in [6, 6.07) is 0. The Balaban J connectivity index is 4.30. The van der Waals surface area contributed by atoms with E-state index in [1.165, 1.54) is 148 Å². The largest absolute Gasteiger partial charge is 0.462 e. The van der Waals surface area contributed by atoms with Crippen LogP contribution in [-0.4, -0.2) is 37.2 Å². The van der Waals surface area contributed by atoms with Crippen LogP contribution in [0.25, 0.3) is 0 Å². The zero-order chi connectivity index (χ0) is 55.7. The van der Waals surface area contributed by atoms with Crippen LogP contribution in [0.1, 0.15) is 303 Å². The Morgan fingerprint density at radius 1 is 0.273 bits per heavy atom. The minimum absolute atomic E-state index is 0.0890. The van der Waals surface area contributed by atoms with Crippen LogP contribution in [0.5, 0.6) is 0 Å². The molecule has 0 aromatic rings. The number of unbranched alkanes of at least 4 members (excludes halogenated alkanes) is 29. The number of hydrogen-bond donors (Lipinski definition) is 0. The maximum Gasteiger partial charge on any atom is 0.306 e. The van der Waals surface area contributed by atoms with Gasteiger partial charge in [-0.3, -0.25) is 14.4 Å². The lowest BCUT2D eigenvalue weighted by molar-refractivity contribution is -0.167. The van der Waals surface area contributed by atoms with Crippen LogP contribution in [0.2, 0.25) is 0 Å². The van der Waals surface area contributed by atoms with Crippen molar-refractivity contribution in [3.8, 4) is 0 Å². The molecule has 0 amide bonds. The second kappa shape index (κ2) is 64.6. The van der Waals surface area contributed by atoms with Crippen molar-refractivity contribution in [3.05, 3.63) is 109 Å². The van der Waals surface area contributed by atoms with Crippen molar-refractivity contribution in [1.29, 1.82) is 0 Å². The van der Waals surface area contributed by atoms with E-state index in [4.69, 9.17) is 14.2 Å². The lowest BCUT2D eigenvalue weighted by atomic mass is 10.0. The third-order valence-electron chi connectivity index (χ3n) is 13.7. The number of allylic oxidation sites excluding steroid dienone is 18. The first-order valence-electron chi connectivity index (χ1n) is 32.4. The molecule has 0 saturated carbocycles. The van der Waals surface area contributed by atoms with Crippen molar-refractivity contribution in [3.63, 3.8) is 0 Å². The van der Waals surface area contributed by atoms with Gasteiger partial charge in [-0.25, -0.2) is 0 Å². The monoisotopic (exact) mass is 1070 g/mol. The molecular formula is C71H120O6. The molecule has 0 aromatic carbocycles. The summed E-state index contributed by atoms with van der Waals surface area (Å²) >= 11 is 0. The van der Waals surface area contributed by atoms with Gasteiger partial charge in [-0.2, -0.15) is 0 Å². The molecule has 0 radical (unpaired) electrons. The molecule has 0 saturated heterocycles. The first-order chi connectivity index (χ1) is 38.0. The van der Waals surface area contributed by atoms with E-state index in [2.05, 4.69) is 130 Å². The van der Waals surface area contributed by atoms with E-state index >= 15 is 0 Å². The number of carbonyl (C=O) groups is 3. The zero-order valence-corrected chi connectivity index (χ0v) is 50.4. The smallest absolute Gasteiger partial charge is 0.306 e. The second-order valence-corrected chi connectivity index (χ2v) is 21.3. The SMILES string of the molecule is CC/C=C\C/C=C\C/C=C\C/C=C\CCCCCCCCCCCCCCCCC(=O)OCC(COC(=O)CCCCC/C=C\C/C=C\C/C=C\CC)OC(=O)CCCCCCCCCCC/C=C\C/C=C\CCCCC. The van der Waals surface area contributed by atoms with Gasteiger partial charge < -0.3 is 14.2 Å². The topological polar surface area (TPSA) is 78.9 Å². The Morgan fingerprint density at radius 3 is 0.805 bits per heavy atom. The molecule has 0 N–H and O–H groups in total. The summed E-state index contributed by atoms with van der Waals surface area (Å²) in [7, 11) is 0. The van der Waals surface area contributed by atoms with Gasteiger partial charge in [-0.05, 0) is 122 Å². The molecule has 1 unspecified atom stereocenters. The van der Waals surface area contributed by atoms with Crippen molar-refractivity contribution in [2.75, 3.05) is 13.2 Å². The molecule has 6 nitrogen and oxygen atoms in total. The number of esters is 3. The number of ether oxygens (including phenoxy) is 3. The highest BCUT2D eigenvalue weighted by Gasteiger charge is 2.19. The summed E-state index contributed by atoms with van der Waals surface area (Å²) < 4.78 is 16.9. The Hall–Kier alpha value is -3.93. The molecule has 0 aliphatic carbocycles. The van der Waals surface area contributed by atoms with Crippen LogP contribution in [0, 0.1) is 0 Å². The van der Waals surface area contributed by atoms with Crippen molar-refractivity contribution in [2.24, 2.45) is 0 Å². The van der Waals surface area contributed by atoms with Crippen molar-refractivity contribution in [2.45, 2.75) is 309 Å². The van der Waals surface area contributed by atoms with Gasteiger partial charge in [-0.15, -0.1) is 0 Å². The Morgan fingerprint density at radius 2 is 0.506 bits per heavy atom.